The van der Waals surface area contributed by atoms with Gasteiger partial charge in [0, 0.05) is 23.0 Å². The van der Waals surface area contributed by atoms with E-state index in [9.17, 15) is 18.0 Å². The van der Waals surface area contributed by atoms with Gasteiger partial charge in [-0.25, -0.2) is 8.42 Å². The van der Waals surface area contributed by atoms with Crippen LogP contribution in [0, 0.1) is 0 Å². The van der Waals surface area contributed by atoms with Crippen LogP contribution in [0.25, 0.3) is 0 Å². The van der Waals surface area contributed by atoms with Gasteiger partial charge in [-0.1, -0.05) is 69.3 Å². The largest absolute Gasteiger partial charge is 0.489 e. The van der Waals surface area contributed by atoms with E-state index in [0.717, 1.165) is 17.4 Å². The molecule has 4 rings (SSSR count). The van der Waals surface area contributed by atoms with Gasteiger partial charge in [-0.2, -0.15) is 0 Å². The number of carbonyl (C=O) groups excluding carboxylic acids is 2. The maximum absolute atomic E-state index is 13.4. The van der Waals surface area contributed by atoms with Crippen molar-refractivity contribution in [1.29, 1.82) is 0 Å². The van der Waals surface area contributed by atoms with Gasteiger partial charge in [0.25, 0.3) is 11.8 Å². The van der Waals surface area contributed by atoms with Crippen molar-refractivity contribution < 1.29 is 22.7 Å². The Balaban J connectivity index is 1.56. The second kappa shape index (κ2) is 12.3. The van der Waals surface area contributed by atoms with Crippen molar-refractivity contribution >= 4 is 38.9 Å². The fraction of sp³-hybridized carbons (Fsp3) is 0.188. The van der Waals surface area contributed by atoms with Gasteiger partial charge in [-0.15, -0.1) is 0 Å². The molecule has 2 amide bonds. The Hall–Kier alpha value is -4.63. The summed E-state index contributed by atoms with van der Waals surface area (Å²) >= 11 is 0. The zero-order valence-corrected chi connectivity index (χ0v) is 24.2. The Labute approximate surface area is 240 Å². The van der Waals surface area contributed by atoms with Gasteiger partial charge in [0.1, 0.15) is 12.4 Å². The normalized spacial score (nSPS) is 11.4. The summed E-state index contributed by atoms with van der Waals surface area (Å²) in [6.45, 7) is 6.63. The molecule has 3 N–H and O–H groups in total. The van der Waals surface area contributed by atoms with Gasteiger partial charge >= 0.3 is 0 Å². The van der Waals surface area contributed by atoms with Crippen LogP contribution in [0.1, 0.15) is 52.6 Å². The second-order valence-corrected chi connectivity index (χ2v) is 12.4. The van der Waals surface area contributed by atoms with Crippen molar-refractivity contribution in [3.63, 3.8) is 0 Å². The first kappa shape index (κ1) is 29.4. The maximum Gasteiger partial charge on any atom is 0.257 e. The smallest absolute Gasteiger partial charge is 0.257 e. The molecule has 4 aromatic carbocycles. The Morgan fingerprint density at radius 1 is 0.756 bits per heavy atom. The fourth-order valence-electron chi connectivity index (χ4n) is 4.04. The summed E-state index contributed by atoms with van der Waals surface area (Å²) in [5.41, 5.74) is 3.41. The van der Waals surface area contributed by atoms with Crippen molar-refractivity contribution in [2.45, 2.75) is 32.8 Å². The molecule has 0 aliphatic heterocycles. The SMILES string of the molecule is CC(C)(C)c1ccc(C(=O)Nc2ccc(NS(C)(=O)=O)cc2C(=O)Nc2cccc(OCc3ccccc3)c2)cc1. The van der Waals surface area contributed by atoms with Crippen molar-refractivity contribution in [3.05, 3.63) is 119 Å². The minimum atomic E-state index is -3.59. The first-order valence-corrected chi connectivity index (χ1v) is 14.9. The third-order valence-electron chi connectivity index (χ3n) is 6.17. The Bertz CT molecular complexity index is 1650. The maximum atomic E-state index is 13.4. The molecular weight excluding hydrogens is 538 g/mol. The van der Waals surface area contributed by atoms with Crippen LogP contribution in [0.15, 0.2) is 97.1 Å². The summed E-state index contributed by atoms with van der Waals surface area (Å²) in [6.07, 6.45) is 1.02. The predicted octanol–water partition coefficient (Wildman–Crippen LogP) is 6.44. The molecular formula is C32H33N3O5S. The minimum absolute atomic E-state index is 0.0629. The lowest BCUT2D eigenvalue weighted by molar-refractivity contribution is 0.102. The highest BCUT2D eigenvalue weighted by Crippen LogP contribution is 2.26. The van der Waals surface area contributed by atoms with Crippen LogP contribution in [0.2, 0.25) is 0 Å². The molecule has 0 bridgehead atoms. The fourth-order valence-corrected chi connectivity index (χ4v) is 4.59. The van der Waals surface area contributed by atoms with Crippen LogP contribution in [0.4, 0.5) is 17.1 Å². The first-order valence-electron chi connectivity index (χ1n) is 13.0. The molecule has 0 fully saturated rings. The van der Waals surface area contributed by atoms with E-state index in [1.54, 1.807) is 36.4 Å². The van der Waals surface area contributed by atoms with E-state index in [-0.39, 0.29) is 22.4 Å². The molecule has 8 nitrogen and oxygen atoms in total. The number of rotatable bonds is 9. The standard InChI is InChI=1S/C32H33N3O5S/c1-32(2,3)24-15-13-23(14-16-24)30(36)34-29-18-17-26(35-41(4,38)39)20-28(29)31(37)33-25-11-8-12-27(19-25)40-21-22-9-6-5-7-10-22/h5-20,35H,21H2,1-4H3,(H,33,37)(H,34,36). The van der Waals surface area contributed by atoms with Crippen molar-refractivity contribution in [2.24, 2.45) is 0 Å². The number of benzene rings is 4. The number of hydrogen-bond acceptors (Lipinski definition) is 5. The van der Waals surface area contributed by atoms with E-state index in [0.29, 0.717) is 23.6 Å². The van der Waals surface area contributed by atoms with Gasteiger partial charge < -0.3 is 15.4 Å². The average molecular weight is 572 g/mol. The summed E-state index contributed by atoms with van der Waals surface area (Å²) < 4.78 is 31.9. The number of amides is 2. The molecule has 0 aromatic heterocycles. The van der Waals surface area contributed by atoms with Gasteiger partial charge in [0.05, 0.1) is 17.5 Å². The molecule has 4 aromatic rings. The second-order valence-electron chi connectivity index (χ2n) is 10.7. The van der Waals surface area contributed by atoms with E-state index < -0.39 is 21.8 Å². The molecule has 0 unspecified atom stereocenters. The third kappa shape index (κ3) is 8.43. The number of anilines is 3. The Kier molecular flexibility index (Phi) is 8.78. The summed E-state index contributed by atoms with van der Waals surface area (Å²) in [5, 5.41) is 5.61. The minimum Gasteiger partial charge on any atom is -0.489 e. The zero-order chi connectivity index (χ0) is 29.6. The molecule has 41 heavy (non-hydrogen) atoms. The van der Waals surface area contributed by atoms with Crippen LogP contribution in [-0.2, 0) is 22.0 Å². The average Bonchev–Trinajstić information content (AvgIpc) is 2.92. The first-order chi connectivity index (χ1) is 19.4. The summed E-state index contributed by atoms with van der Waals surface area (Å²) in [6, 6.07) is 28.2. The van der Waals surface area contributed by atoms with Crippen LogP contribution in [0.3, 0.4) is 0 Å². The van der Waals surface area contributed by atoms with Crippen LogP contribution in [0.5, 0.6) is 5.75 Å². The highest BCUT2D eigenvalue weighted by molar-refractivity contribution is 7.92. The molecule has 0 saturated heterocycles. The molecule has 0 atom stereocenters. The van der Waals surface area contributed by atoms with E-state index in [1.165, 1.54) is 18.2 Å². The quantitative estimate of drug-likeness (QED) is 0.214. The summed E-state index contributed by atoms with van der Waals surface area (Å²) in [4.78, 5) is 26.5. The van der Waals surface area contributed by atoms with Crippen LogP contribution < -0.4 is 20.1 Å². The number of nitrogens with one attached hydrogen (secondary N) is 3. The Morgan fingerprint density at radius 3 is 2.12 bits per heavy atom. The summed E-state index contributed by atoms with van der Waals surface area (Å²) in [5.74, 6) is -0.383. The molecule has 0 spiro atoms. The molecule has 9 heteroatoms. The number of hydrogen-bond donors (Lipinski definition) is 3. The number of ether oxygens (including phenoxy) is 1. The van der Waals surface area contributed by atoms with Crippen LogP contribution >= 0.6 is 0 Å². The highest BCUT2D eigenvalue weighted by Gasteiger charge is 2.18. The molecule has 0 saturated carbocycles. The van der Waals surface area contributed by atoms with Crippen molar-refractivity contribution in [2.75, 3.05) is 21.6 Å². The number of carbonyl (C=O) groups is 2. The van der Waals surface area contributed by atoms with Crippen molar-refractivity contribution in [1.82, 2.24) is 0 Å². The molecule has 0 aliphatic carbocycles. The zero-order valence-electron chi connectivity index (χ0n) is 23.4. The van der Waals surface area contributed by atoms with Gasteiger partial charge in [0.2, 0.25) is 10.0 Å². The lowest BCUT2D eigenvalue weighted by Crippen LogP contribution is -2.19. The predicted molar refractivity (Wildman–Crippen MR) is 163 cm³/mol. The van der Waals surface area contributed by atoms with Gasteiger partial charge in [-0.05, 0) is 59.0 Å². The number of sulfonamides is 1. The molecule has 0 heterocycles. The topological polar surface area (TPSA) is 114 Å². The van der Waals surface area contributed by atoms with E-state index in [4.69, 9.17) is 4.74 Å². The van der Waals surface area contributed by atoms with Gasteiger partial charge in [0.15, 0.2) is 0 Å². The highest BCUT2D eigenvalue weighted by atomic mass is 32.2. The van der Waals surface area contributed by atoms with E-state index in [1.807, 2.05) is 42.5 Å². The van der Waals surface area contributed by atoms with E-state index in [2.05, 4.69) is 36.1 Å². The lowest BCUT2D eigenvalue weighted by atomic mass is 9.86. The van der Waals surface area contributed by atoms with Crippen molar-refractivity contribution in [3.8, 4) is 5.75 Å². The third-order valence-corrected chi connectivity index (χ3v) is 6.78. The van der Waals surface area contributed by atoms with Gasteiger partial charge in [-0.3, -0.25) is 14.3 Å². The summed E-state index contributed by atoms with van der Waals surface area (Å²) in [7, 11) is -3.59. The molecule has 0 aliphatic rings. The monoisotopic (exact) mass is 571 g/mol. The Morgan fingerprint density at radius 2 is 1.46 bits per heavy atom. The molecule has 212 valence electrons. The van der Waals surface area contributed by atoms with Crippen LogP contribution in [-0.4, -0.2) is 26.5 Å². The molecule has 0 radical (unpaired) electrons. The lowest BCUT2D eigenvalue weighted by Gasteiger charge is -2.19. The van der Waals surface area contributed by atoms with E-state index >= 15 is 0 Å².